The van der Waals surface area contributed by atoms with Gasteiger partial charge in [0.05, 0.1) is 0 Å². The van der Waals surface area contributed by atoms with Crippen LogP contribution in [0.5, 0.6) is 0 Å². The Labute approximate surface area is 157 Å². The fraction of sp³-hybridized carbons (Fsp3) is 0.350. The van der Waals surface area contributed by atoms with Crippen molar-refractivity contribution in [1.82, 2.24) is 15.1 Å². The molecule has 1 aliphatic rings. The van der Waals surface area contributed by atoms with E-state index in [2.05, 4.69) is 15.3 Å². The fourth-order valence-corrected chi connectivity index (χ4v) is 3.65. The third kappa shape index (κ3) is 3.23. The highest BCUT2D eigenvalue weighted by atomic mass is 19.1. The minimum Gasteiger partial charge on any atom is -0.369 e. The van der Waals surface area contributed by atoms with E-state index in [0.717, 1.165) is 43.1 Å². The van der Waals surface area contributed by atoms with Gasteiger partial charge in [-0.1, -0.05) is 6.07 Å². The molecule has 1 N–H and O–H groups in total. The van der Waals surface area contributed by atoms with Gasteiger partial charge in [-0.3, -0.25) is 0 Å². The molecule has 0 radical (unpaired) electrons. The molecule has 0 atom stereocenters. The molecule has 1 aromatic heterocycles. The maximum Gasteiger partial charge on any atom is 0.153 e. The summed E-state index contributed by atoms with van der Waals surface area (Å²) in [4.78, 5) is 4.04. The second-order valence-electron chi connectivity index (χ2n) is 6.74. The summed E-state index contributed by atoms with van der Waals surface area (Å²) in [7, 11) is 1.85. The highest BCUT2D eigenvalue weighted by Gasteiger charge is 2.21. The van der Waals surface area contributed by atoms with Gasteiger partial charge in [0.15, 0.2) is 5.82 Å². The van der Waals surface area contributed by atoms with Crippen molar-refractivity contribution in [2.45, 2.75) is 13.5 Å². The normalized spacial score (nSPS) is 14.7. The van der Waals surface area contributed by atoms with Crippen LogP contribution in [0.2, 0.25) is 0 Å². The van der Waals surface area contributed by atoms with E-state index in [9.17, 15) is 8.78 Å². The van der Waals surface area contributed by atoms with E-state index in [-0.39, 0.29) is 11.6 Å². The molecule has 0 saturated carbocycles. The van der Waals surface area contributed by atoms with Gasteiger partial charge in [-0.15, -0.1) is 0 Å². The van der Waals surface area contributed by atoms with Gasteiger partial charge >= 0.3 is 0 Å². The Morgan fingerprint density at radius 2 is 1.93 bits per heavy atom. The highest BCUT2D eigenvalue weighted by Crippen LogP contribution is 2.35. The van der Waals surface area contributed by atoms with Gasteiger partial charge in [0.25, 0.3) is 0 Å². The summed E-state index contributed by atoms with van der Waals surface area (Å²) in [5.41, 5.74) is 1.89. The number of halogens is 2. The number of benzene rings is 2. The molecule has 5 nitrogen and oxygen atoms in total. The van der Waals surface area contributed by atoms with Gasteiger partial charge in [0, 0.05) is 56.5 Å². The SMILES string of the molecule is CCn1nc2c(F)cc(N3CCNCC3)cc2c1N(C)c1cccc(F)c1. The Morgan fingerprint density at radius 3 is 2.63 bits per heavy atom. The van der Waals surface area contributed by atoms with Crippen LogP contribution >= 0.6 is 0 Å². The second-order valence-corrected chi connectivity index (χ2v) is 6.74. The van der Waals surface area contributed by atoms with E-state index < -0.39 is 0 Å². The first-order valence-electron chi connectivity index (χ1n) is 9.23. The van der Waals surface area contributed by atoms with Crippen LogP contribution in [-0.2, 0) is 6.54 Å². The third-order valence-electron chi connectivity index (χ3n) is 5.05. The summed E-state index contributed by atoms with van der Waals surface area (Å²) in [5, 5.41) is 8.51. The maximum absolute atomic E-state index is 14.9. The largest absolute Gasteiger partial charge is 0.369 e. The van der Waals surface area contributed by atoms with E-state index in [0.29, 0.717) is 17.7 Å². The van der Waals surface area contributed by atoms with Crippen molar-refractivity contribution < 1.29 is 8.78 Å². The lowest BCUT2D eigenvalue weighted by atomic mass is 10.1. The molecular weight excluding hydrogens is 348 g/mol. The summed E-state index contributed by atoms with van der Waals surface area (Å²) < 4.78 is 30.3. The molecule has 3 aromatic rings. The first-order chi connectivity index (χ1) is 13.1. The molecule has 2 aromatic carbocycles. The molecule has 27 heavy (non-hydrogen) atoms. The Balaban J connectivity index is 1.86. The lowest BCUT2D eigenvalue weighted by Gasteiger charge is -2.29. The van der Waals surface area contributed by atoms with Crippen LogP contribution in [0.3, 0.4) is 0 Å². The monoisotopic (exact) mass is 371 g/mol. The molecule has 142 valence electrons. The van der Waals surface area contributed by atoms with Gasteiger partial charge in [-0.25, -0.2) is 13.5 Å². The summed E-state index contributed by atoms with van der Waals surface area (Å²) in [5.74, 6) is 0.120. The van der Waals surface area contributed by atoms with Crippen LogP contribution in [0.25, 0.3) is 10.9 Å². The van der Waals surface area contributed by atoms with Gasteiger partial charge in [-0.2, -0.15) is 5.10 Å². The molecule has 4 rings (SSSR count). The molecule has 1 saturated heterocycles. The number of nitrogens with one attached hydrogen (secondary N) is 1. The van der Waals surface area contributed by atoms with Crippen molar-refractivity contribution in [3.8, 4) is 0 Å². The molecule has 1 fully saturated rings. The van der Waals surface area contributed by atoms with Crippen LogP contribution in [0.15, 0.2) is 36.4 Å². The maximum atomic E-state index is 14.9. The number of rotatable bonds is 4. The number of fused-ring (bicyclic) bond motifs is 1. The zero-order valence-corrected chi connectivity index (χ0v) is 15.5. The van der Waals surface area contributed by atoms with Crippen LogP contribution < -0.4 is 15.1 Å². The zero-order chi connectivity index (χ0) is 19.0. The smallest absolute Gasteiger partial charge is 0.153 e. The number of anilines is 3. The van der Waals surface area contributed by atoms with E-state index in [4.69, 9.17) is 0 Å². The van der Waals surface area contributed by atoms with E-state index in [1.54, 1.807) is 16.8 Å². The molecule has 2 heterocycles. The molecule has 0 unspecified atom stereocenters. The van der Waals surface area contributed by atoms with Crippen LogP contribution in [0, 0.1) is 11.6 Å². The highest BCUT2D eigenvalue weighted by molar-refractivity contribution is 5.95. The minimum atomic E-state index is -0.331. The lowest BCUT2D eigenvalue weighted by molar-refractivity contribution is 0.585. The van der Waals surface area contributed by atoms with Crippen LogP contribution in [0.1, 0.15) is 6.92 Å². The first-order valence-corrected chi connectivity index (χ1v) is 9.23. The predicted octanol–water partition coefficient (Wildman–Crippen LogP) is 3.51. The van der Waals surface area contributed by atoms with Crippen molar-refractivity contribution >= 4 is 28.1 Å². The Bertz CT molecular complexity index is 962. The molecule has 0 bridgehead atoms. The minimum absolute atomic E-state index is 0.307. The van der Waals surface area contributed by atoms with Gasteiger partial charge < -0.3 is 15.1 Å². The van der Waals surface area contributed by atoms with Gasteiger partial charge in [0.2, 0.25) is 0 Å². The number of aryl methyl sites for hydroxylation is 1. The molecule has 0 amide bonds. The Kier molecular flexibility index (Phi) is 4.70. The molecule has 7 heteroatoms. The molecular formula is C20H23F2N5. The Morgan fingerprint density at radius 1 is 1.15 bits per heavy atom. The quantitative estimate of drug-likeness (QED) is 0.761. The first kappa shape index (κ1) is 17.7. The number of piperazine rings is 1. The number of aromatic nitrogens is 2. The van der Waals surface area contributed by atoms with E-state index in [1.165, 1.54) is 12.1 Å². The topological polar surface area (TPSA) is 36.3 Å². The lowest BCUT2D eigenvalue weighted by Crippen LogP contribution is -2.43. The molecule has 0 aliphatic carbocycles. The van der Waals surface area contributed by atoms with Gasteiger partial charge in [0.1, 0.15) is 17.2 Å². The van der Waals surface area contributed by atoms with Crippen LogP contribution in [-0.4, -0.2) is 43.0 Å². The fourth-order valence-electron chi connectivity index (χ4n) is 3.65. The Hall–Kier alpha value is -2.67. The standard InChI is InChI=1S/C20H23F2N5/c1-3-27-20(25(2)15-6-4-5-14(21)11-15)17-12-16(13-18(22)19(17)24-27)26-9-7-23-8-10-26/h4-6,11-13,23H,3,7-10H2,1-2H3. The average Bonchev–Trinajstić information content (AvgIpc) is 3.07. The van der Waals surface area contributed by atoms with Crippen LogP contribution in [0.4, 0.5) is 26.0 Å². The average molecular weight is 371 g/mol. The summed E-state index contributed by atoms with van der Waals surface area (Å²) in [6.45, 7) is 5.98. The van der Waals surface area contributed by atoms with Crippen molar-refractivity contribution in [3.05, 3.63) is 48.0 Å². The van der Waals surface area contributed by atoms with Crippen molar-refractivity contribution in [1.29, 1.82) is 0 Å². The number of nitrogens with zero attached hydrogens (tertiary/aromatic N) is 4. The van der Waals surface area contributed by atoms with E-state index in [1.807, 2.05) is 31.0 Å². The predicted molar refractivity (Wildman–Crippen MR) is 105 cm³/mol. The summed E-state index contributed by atoms with van der Waals surface area (Å²) in [6.07, 6.45) is 0. The third-order valence-corrected chi connectivity index (χ3v) is 5.05. The van der Waals surface area contributed by atoms with Gasteiger partial charge in [-0.05, 0) is 37.3 Å². The molecule has 0 spiro atoms. The van der Waals surface area contributed by atoms with E-state index >= 15 is 0 Å². The summed E-state index contributed by atoms with van der Waals surface area (Å²) >= 11 is 0. The van der Waals surface area contributed by atoms with Crippen molar-refractivity contribution in [2.24, 2.45) is 0 Å². The molecule has 1 aliphatic heterocycles. The second kappa shape index (κ2) is 7.15. The zero-order valence-electron chi connectivity index (χ0n) is 15.5. The van der Waals surface area contributed by atoms with Crippen molar-refractivity contribution in [2.75, 3.05) is 43.0 Å². The summed E-state index contributed by atoms with van der Waals surface area (Å²) in [6, 6.07) is 9.94. The number of hydrogen-bond donors (Lipinski definition) is 1. The van der Waals surface area contributed by atoms with Crippen molar-refractivity contribution in [3.63, 3.8) is 0 Å². The number of hydrogen-bond acceptors (Lipinski definition) is 4.